The van der Waals surface area contributed by atoms with Crippen LogP contribution in [-0.4, -0.2) is 57.6 Å². The van der Waals surface area contributed by atoms with Crippen LogP contribution in [0.3, 0.4) is 0 Å². The van der Waals surface area contributed by atoms with Gasteiger partial charge in [0.15, 0.2) is 0 Å². The molecule has 0 aliphatic carbocycles. The summed E-state index contributed by atoms with van der Waals surface area (Å²) in [6, 6.07) is 16.2. The number of nitrogens with zero attached hydrogens (tertiary/aromatic N) is 1. The molecule has 2 saturated heterocycles. The van der Waals surface area contributed by atoms with Crippen molar-refractivity contribution >= 4 is 15.9 Å². The van der Waals surface area contributed by atoms with E-state index in [4.69, 9.17) is 9.47 Å². The Bertz CT molecular complexity index is 947. The van der Waals surface area contributed by atoms with Crippen LogP contribution in [0.4, 0.5) is 0 Å². The molecule has 4 rings (SSSR count). The first-order valence-electron chi connectivity index (χ1n) is 9.68. The normalized spacial score (nSPS) is 23.0. The average molecular weight is 416 g/mol. The highest BCUT2D eigenvalue weighted by molar-refractivity contribution is 7.89. The van der Waals surface area contributed by atoms with Crippen molar-refractivity contribution in [3.8, 4) is 5.75 Å². The van der Waals surface area contributed by atoms with E-state index in [1.807, 2.05) is 30.3 Å². The zero-order valence-corrected chi connectivity index (χ0v) is 16.8. The standard InChI is InChI=1S/C21H24N2O5S/c24-21-12-17(13-22-21)16-6-8-20(9-7-16)29(25,26)23-10-11-27-19(14-23)15-28-18-4-2-1-3-5-18/h1-9,17,19H,10-15H2,(H,22,24)/t17-,19-/m1/s1. The Balaban J connectivity index is 1.40. The quantitative estimate of drug-likeness (QED) is 0.776. The summed E-state index contributed by atoms with van der Waals surface area (Å²) in [7, 11) is -3.61. The third-order valence-corrected chi connectivity index (χ3v) is 7.13. The fourth-order valence-corrected chi connectivity index (χ4v) is 5.07. The molecule has 0 unspecified atom stereocenters. The Hall–Kier alpha value is -2.42. The second kappa shape index (κ2) is 8.52. The molecular formula is C21H24N2O5S. The zero-order valence-electron chi connectivity index (χ0n) is 16.0. The Morgan fingerprint density at radius 2 is 1.86 bits per heavy atom. The molecule has 1 amide bonds. The topological polar surface area (TPSA) is 84.9 Å². The molecule has 2 aliphatic rings. The number of benzene rings is 2. The lowest BCUT2D eigenvalue weighted by Gasteiger charge is -2.32. The van der Waals surface area contributed by atoms with Gasteiger partial charge in [-0.1, -0.05) is 30.3 Å². The number of carbonyl (C=O) groups excluding carboxylic acids is 1. The van der Waals surface area contributed by atoms with Crippen molar-refractivity contribution < 1.29 is 22.7 Å². The highest BCUT2D eigenvalue weighted by Gasteiger charge is 2.31. The number of hydrogen-bond acceptors (Lipinski definition) is 5. The van der Waals surface area contributed by atoms with Gasteiger partial charge in [-0.3, -0.25) is 4.79 Å². The first-order valence-corrected chi connectivity index (χ1v) is 11.1. The highest BCUT2D eigenvalue weighted by Crippen LogP contribution is 2.26. The molecule has 29 heavy (non-hydrogen) atoms. The van der Waals surface area contributed by atoms with Crippen LogP contribution in [0.2, 0.25) is 0 Å². The maximum Gasteiger partial charge on any atom is 0.243 e. The van der Waals surface area contributed by atoms with E-state index in [1.165, 1.54) is 4.31 Å². The third kappa shape index (κ3) is 4.60. The van der Waals surface area contributed by atoms with Crippen LogP contribution < -0.4 is 10.1 Å². The number of carbonyl (C=O) groups is 1. The lowest BCUT2D eigenvalue weighted by atomic mass is 9.99. The van der Waals surface area contributed by atoms with Gasteiger partial charge in [-0.05, 0) is 29.8 Å². The van der Waals surface area contributed by atoms with E-state index in [0.29, 0.717) is 26.1 Å². The molecule has 2 atom stereocenters. The molecular weight excluding hydrogens is 392 g/mol. The lowest BCUT2D eigenvalue weighted by Crippen LogP contribution is -2.47. The van der Waals surface area contributed by atoms with Gasteiger partial charge in [-0.25, -0.2) is 8.42 Å². The summed E-state index contributed by atoms with van der Waals surface area (Å²) in [6.45, 7) is 1.77. The summed E-state index contributed by atoms with van der Waals surface area (Å²) in [6.07, 6.45) is 0.118. The van der Waals surface area contributed by atoms with Gasteiger partial charge < -0.3 is 14.8 Å². The summed E-state index contributed by atoms with van der Waals surface area (Å²) in [5, 5.41) is 2.80. The van der Waals surface area contributed by atoms with Gasteiger partial charge in [0.25, 0.3) is 0 Å². The monoisotopic (exact) mass is 416 g/mol. The Labute approximate surface area is 170 Å². The van der Waals surface area contributed by atoms with E-state index in [1.54, 1.807) is 24.3 Å². The van der Waals surface area contributed by atoms with Crippen LogP contribution in [0.5, 0.6) is 5.75 Å². The number of morpholine rings is 1. The third-order valence-electron chi connectivity index (χ3n) is 5.25. The minimum atomic E-state index is -3.61. The number of sulfonamides is 1. The summed E-state index contributed by atoms with van der Waals surface area (Å²) >= 11 is 0. The number of amides is 1. The van der Waals surface area contributed by atoms with Crippen molar-refractivity contribution in [1.82, 2.24) is 9.62 Å². The second-order valence-electron chi connectivity index (χ2n) is 7.25. The summed E-state index contributed by atoms with van der Waals surface area (Å²) in [4.78, 5) is 11.7. The summed E-state index contributed by atoms with van der Waals surface area (Å²) in [5.74, 6) is 0.859. The number of ether oxygens (including phenoxy) is 2. The highest BCUT2D eigenvalue weighted by atomic mass is 32.2. The van der Waals surface area contributed by atoms with Gasteiger partial charge in [0.05, 0.1) is 11.5 Å². The van der Waals surface area contributed by atoms with Gasteiger partial charge in [0, 0.05) is 32.0 Å². The minimum Gasteiger partial charge on any atom is -0.491 e. The Kier molecular flexibility index (Phi) is 5.84. The molecule has 8 heteroatoms. The Morgan fingerprint density at radius 1 is 1.10 bits per heavy atom. The van der Waals surface area contributed by atoms with Crippen molar-refractivity contribution in [2.75, 3.05) is 32.8 Å². The molecule has 0 aromatic heterocycles. The molecule has 154 valence electrons. The molecule has 0 spiro atoms. The van der Waals surface area contributed by atoms with Crippen molar-refractivity contribution in [3.05, 3.63) is 60.2 Å². The van der Waals surface area contributed by atoms with Crippen LogP contribution >= 0.6 is 0 Å². The molecule has 1 N–H and O–H groups in total. The van der Waals surface area contributed by atoms with E-state index in [9.17, 15) is 13.2 Å². The number of rotatable bonds is 6. The van der Waals surface area contributed by atoms with Crippen molar-refractivity contribution in [2.45, 2.75) is 23.3 Å². The average Bonchev–Trinajstić information content (AvgIpc) is 3.20. The number of para-hydroxylation sites is 1. The molecule has 0 saturated carbocycles. The van der Waals surface area contributed by atoms with Crippen molar-refractivity contribution in [3.63, 3.8) is 0 Å². The van der Waals surface area contributed by atoms with Crippen LogP contribution in [0.1, 0.15) is 17.9 Å². The van der Waals surface area contributed by atoms with E-state index in [0.717, 1.165) is 11.3 Å². The maximum absolute atomic E-state index is 13.1. The first-order chi connectivity index (χ1) is 14.0. The molecule has 2 aliphatic heterocycles. The molecule has 7 nitrogen and oxygen atoms in total. The smallest absolute Gasteiger partial charge is 0.243 e. The lowest BCUT2D eigenvalue weighted by molar-refractivity contribution is -0.119. The predicted molar refractivity (Wildman–Crippen MR) is 107 cm³/mol. The summed E-state index contributed by atoms with van der Waals surface area (Å²) in [5.41, 5.74) is 0.971. The molecule has 2 aromatic rings. The molecule has 2 aromatic carbocycles. The largest absolute Gasteiger partial charge is 0.491 e. The van der Waals surface area contributed by atoms with Gasteiger partial charge in [-0.15, -0.1) is 0 Å². The zero-order chi connectivity index (χ0) is 20.3. The van der Waals surface area contributed by atoms with Gasteiger partial charge in [-0.2, -0.15) is 4.31 Å². The fourth-order valence-electron chi connectivity index (χ4n) is 3.62. The van der Waals surface area contributed by atoms with Crippen LogP contribution in [0.15, 0.2) is 59.5 Å². The molecule has 0 radical (unpaired) electrons. The predicted octanol–water partition coefficient (Wildman–Crippen LogP) is 1.76. The molecule has 0 bridgehead atoms. The van der Waals surface area contributed by atoms with Crippen molar-refractivity contribution in [2.24, 2.45) is 0 Å². The van der Waals surface area contributed by atoms with E-state index in [2.05, 4.69) is 5.32 Å². The fraction of sp³-hybridized carbons (Fsp3) is 0.381. The van der Waals surface area contributed by atoms with E-state index in [-0.39, 0.29) is 36.0 Å². The van der Waals surface area contributed by atoms with Crippen LogP contribution in [0.25, 0.3) is 0 Å². The number of hydrogen-bond donors (Lipinski definition) is 1. The van der Waals surface area contributed by atoms with Gasteiger partial charge in [0.1, 0.15) is 18.5 Å². The van der Waals surface area contributed by atoms with Crippen molar-refractivity contribution in [1.29, 1.82) is 0 Å². The molecule has 2 fully saturated rings. The van der Waals surface area contributed by atoms with Gasteiger partial charge in [0.2, 0.25) is 15.9 Å². The maximum atomic E-state index is 13.1. The van der Waals surface area contributed by atoms with Crippen LogP contribution in [-0.2, 0) is 19.6 Å². The van der Waals surface area contributed by atoms with E-state index < -0.39 is 10.0 Å². The number of nitrogens with one attached hydrogen (secondary N) is 1. The van der Waals surface area contributed by atoms with Gasteiger partial charge >= 0.3 is 0 Å². The molecule has 2 heterocycles. The van der Waals surface area contributed by atoms with E-state index >= 15 is 0 Å². The van der Waals surface area contributed by atoms with Crippen LogP contribution in [0, 0.1) is 0 Å². The SMILES string of the molecule is O=C1C[C@@H](c2ccc(S(=O)(=O)N3CCO[C@@H](COc4ccccc4)C3)cc2)CN1. The minimum absolute atomic E-state index is 0.0313. The second-order valence-corrected chi connectivity index (χ2v) is 9.19. The Morgan fingerprint density at radius 3 is 2.55 bits per heavy atom. The summed E-state index contributed by atoms with van der Waals surface area (Å²) < 4.78 is 39.0. The first kappa shape index (κ1) is 19.9.